The van der Waals surface area contributed by atoms with Crippen LogP contribution in [0.15, 0.2) is 30.3 Å². The quantitative estimate of drug-likeness (QED) is 0.781. The minimum atomic E-state index is -0.512. The standard InChI is InChI=1S/C21H25ClFN3O/c1-21(2,3)12-19(27)25-20-16(23)11-18-17(24-20)9-6-10-26(18)13-14-7-4-5-8-15(14)22/h4-5,7-8,11H,6,9-10,12-13H2,1-3H3,(H,24,25,27). The number of aryl methyl sites for hydroxylation is 1. The third-order valence-corrected chi connectivity index (χ3v) is 4.85. The van der Waals surface area contributed by atoms with Gasteiger partial charge in [0.1, 0.15) is 0 Å². The van der Waals surface area contributed by atoms with Crippen molar-refractivity contribution in [2.75, 3.05) is 16.8 Å². The number of carbonyl (C=O) groups excluding carboxylic acids is 1. The molecule has 1 amide bonds. The summed E-state index contributed by atoms with van der Waals surface area (Å²) in [6.07, 6.45) is 1.99. The van der Waals surface area contributed by atoms with E-state index < -0.39 is 5.82 Å². The van der Waals surface area contributed by atoms with E-state index >= 15 is 0 Å². The lowest BCUT2D eigenvalue weighted by Crippen LogP contribution is -2.30. The van der Waals surface area contributed by atoms with Crippen molar-refractivity contribution in [2.24, 2.45) is 5.41 Å². The van der Waals surface area contributed by atoms with Gasteiger partial charge in [-0.25, -0.2) is 9.37 Å². The van der Waals surface area contributed by atoms with Gasteiger partial charge >= 0.3 is 0 Å². The molecule has 0 radical (unpaired) electrons. The van der Waals surface area contributed by atoms with E-state index in [9.17, 15) is 9.18 Å². The van der Waals surface area contributed by atoms with E-state index in [2.05, 4.69) is 15.2 Å². The lowest BCUT2D eigenvalue weighted by Gasteiger charge is -2.31. The summed E-state index contributed by atoms with van der Waals surface area (Å²) in [5, 5.41) is 3.32. The molecule has 0 atom stereocenters. The maximum atomic E-state index is 14.6. The molecular formula is C21H25ClFN3O. The lowest BCUT2D eigenvalue weighted by molar-refractivity contribution is -0.117. The van der Waals surface area contributed by atoms with Crippen LogP contribution in [0.3, 0.4) is 0 Å². The topological polar surface area (TPSA) is 45.2 Å². The van der Waals surface area contributed by atoms with Gasteiger partial charge in [0.15, 0.2) is 11.6 Å². The van der Waals surface area contributed by atoms with Gasteiger partial charge in [0, 0.05) is 30.6 Å². The molecule has 1 aliphatic rings. The molecule has 1 aromatic carbocycles. The fourth-order valence-corrected chi connectivity index (χ4v) is 3.47. The normalized spacial score (nSPS) is 14.0. The first-order valence-electron chi connectivity index (χ1n) is 9.20. The van der Waals surface area contributed by atoms with Crippen LogP contribution in [0.5, 0.6) is 0 Å². The van der Waals surface area contributed by atoms with Gasteiger partial charge in [-0.05, 0) is 29.9 Å². The number of pyridine rings is 1. The van der Waals surface area contributed by atoms with E-state index in [-0.39, 0.29) is 17.1 Å². The van der Waals surface area contributed by atoms with E-state index in [1.807, 2.05) is 45.0 Å². The van der Waals surface area contributed by atoms with Gasteiger partial charge in [-0.2, -0.15) is 0 Å². The van der Waals surface area contributed by atoms with Crippen LogP contribution < -0.4 is 10.2 Å². The number of benzene rings is 1. The molecule has 0 bridgehead atoms. The summed E-state index contributed by atoms with van der Waals surface area (Å²) in [4.78, 5) is 18.7. The van der Waals surface area contributed by atoms with E-state index in [4.69, 9.17) is 11.6 Å². The average molecular weight is 390 g/mol. The Morgan fingerprint density at radius 2 is 2.07 bits per heavy atom. The SMILES string of the molecule is CC(C)(C)CC(=O)Nc1nc2c(cc1F)N(Cc1ccccc1Cl)CCC2. The Kier molecular flexibility index (Phi) is 5.70. The smallest absolute Gasteiger partial charge is 0.226 e. The average Bonchev–Trinajstić information content (AvgIpc) is 2.56. The van der Waals surface area contributed by atoms with Gasteiger partial charge < -0.3 is 10.2 Å². The van der Waals surface area contributed by atoms with Crippen LogP contribution in [0.1, 0.15) is 44.9 Å². The molecule has 0 fully saturated rings. The molecule has 2 heterocycles. The van der Waals surface area contributed by atoms with Crippen molar-refractivity contribution in [3.63, 3.8) is 0 Å². The number of carbonyl (C=O) groups is 1. The van der Waals surface area contributed by atoms with E-state index in [1.165, 1.54) is 6.07 Å². The Labute approximate surface area is 164 Å². The summed E-state index contributed by atoms with van der Waals surface area (Å²) in [5.41, 5.74) is 2.41. The lowest BCUT2D eigenvalue weighted by atomic mass is 9.92. The zero-order valence-electron chi connectivity index (χ0n) is 16.0. The molecule has 1 N–H and O–H groups in total. The molecule has 6 heteroatoms. The van der Waals surface area contributed by atoms with E-state index in [0.717, 1.165) is 36.3 Å². The second-order valence-electron chi connectivity index (χ2n) is 8.19. The molecule has 2 aromatic rings. The Morgan fingerprint density at radius 1 is 1.33 bits per heavy atom. The van der Waals surface area contributed by atoms with Crippen LogP contribution in [-0.2, 0) is 17.8 Å². The Bertz CT molecular complexity index is 848. The number of aromatic nitrogens is 1. The van der Waals surface area contributed by atoms with Crippen LogP contribution in [-0.4, -0.2) is 17.4 Å². The first-order chi connectivity index (χ1) is 12.7. The minimum absolute atomic E-state index is 0.0163. The van der Waals surface area contributed by atoms with Crippen molar-refractivity contribution in [3.8, 4) is 0 Å². The van der Waals surface area contributed by atoms with Gasteiger partial charge in [-0.1, -0.05) is 50.6 Å². The molecule has 4 nitrogen and oxygen atoms in total. The van der Waals surface area contributed by atoms with Crippen LogP contribution >= 0.6 is 11.6 Å². The van der Waals surface area contributed by atoms with Crippen LogP contribution in [0, 0.1) is 11.2 Å². The third-order valence-electron chi connectivity index (χ3n) is 4.48. The predicted molar refractivity (Wildman–Crippen MR) is 108 cm³/mol. The molecule has 0 spiro atoms. The van der Waals surface area contributed by atoms with Gasteiger partial charge in [0.25, 0.3) is 0 Å². The number of nitrogens with one attached hydrogen (secondary N) is 1. The highest BCUT2D eigenvalue weighted by molar-refractivity contribution is 6.31. The number of fused-ring (bicyclic) bond motifs is 1. The largest absolute Gasteiger partial charge is 0.366 e. The predicted octanol–water partition coefficient (Wildman–Crippen LogP) is 5.20. The van der Waals surface area contributed by atoms with E-state index in [1.54, 1.807) is 0 Å². The van der Waals surface area contributed by atoms with Crippen molar-refractivity contribution in [1.82, 2.24) is 4.98 Å². The van der Waals surface area contributed by atoms with Gasteiger partial charge in [-0.15, -0.1) is 0 Å². The van der Waals surface area contributed by atoms with Gasteiger partial charge in [-0.3, -0.25) is 4.79 Å². The molecule has 1 aromatic heterocycles. The summed E-state index contributed by atoms with van der Waals surface area (Å²) in [7, 11) is 0. The molecule has 0 saturated heterocycles. The first kappa shape index (κ1) is 19.6. The number of rotatable bonds is 4. The molecule has 0 unspecified atom stereocenters. The zero-order valence-corrected chi connectivity index (χ0v) is 16.7. The van der Waals surface area contributed by atoms with Gasteiger partial charge in [0.05, 0.1) is 11.4 Å². The maximum Gasteiger partial charge on any atom is 0.226 e. The van der Waals surface area contributed by atoms with Gasteiger partial charge in [0.2, 0.25) is 5.91 Å². The monoisotopic (exact) mass is 389 g/mol. The molecule has 144 valence electrons. The number of anilines is 2. The summed E-state index contributed by atoms with van der Waals surface area (Å²) in [6.45, 7) is 7.32. The molecule has 0 aliphatic carbocycles. The number of amides is 1. The minimum Gasteiger partial charge on any atom is -0.366 e. The second-order valence-corrected chi connectivity index (χ2v) is 8.59. The second kappa shape index (κ2) is 7.85. The summed E-state index contributed by atoms with van der Waals surface area (Å²) >= 11 is 6.27. The molecule has 1 aliphatic heterocycles. The highest BCUT2D eigenvalue weighted by atomic mass is 35.5. The summed E-state index contributed by atoms with van der Waals surface area (Å²) < 4.78 is 14.6. The molecule has 0 saturated carbocycles. The Hall–Kier alpha value is -2.14. The van der Waals surface area contributed by atoms with Crippen molar-refractivity contribution < 1.29 is 9.18 Å². The van der Waals surface area contributed by atoms with Crippen LogP contribution in [0.25, 0.3) is 0 Å². The number of hydrogen-bond acceptors (Lipinski definition) is 3. The Balaban J connectivity index is 1.82. The summed E-state index contributed by atoms with van der Waals surface area (Å²) in [6, 6.07) is 9.14. The highest BCUT2D eigenvalue weighted by Crippen LogP contribution is 2.31. The fourth-order valence-electron chi connectivity index (χ4n) is 3.27. The van der Waals surface area contributed by atoms with Crippen molar-refractivity contribution in [1.29, 1.82) is 0 Å². The van der Waals surface area contributed by atoms with Crippen LogP contribution in [0.4, 0.5) is 15.9 Å². The maximum absolute atomic E-state index is 14.6. The molecule has 27 heavy (non-hydrogen) atoms. The van der Waals surface area contributed by atoms with Crippen molar-refractivity contribution >= 4 is 29.0 Å². The first-order valence-corrected chi connectivity index (χ1v) is 9.58. The van der Waals surface area contributed by atoms with E-state index in [0.29, 0.717) is 18.0 Å². The number of halogens is 2. The highest BCUT2D eigenvalue weighted by Gasteiger charge is 2.23. The number of nitrogens with zero attached hydrogens (tertiary/aromatic N) is 2. The third kappa shape index (κ3) is 4.98. The van der Waals surface area contributed by atoms with Crippen molar-refractivity contribution in [2.45, 2.75) is 46.6 Å². The summed E-state index contributed by atoms with van der Waals surface area (Å²) in [5.74, 6) is -0.720. The fraction of sp³-hybridized carbons (Fsp3) is 0.429. The zero-order chi connectivity index (χ0) is 19.6. The molecular weight excluding hydrogens is 365 g/mol. The Morgan fingerprint density at radius 3 is 2.78 bits per heavy atom. The van der Waals surface area contributed by atoms with Crippen LogP contribution in [0.2, 0.25) is 5.02 Å². The number of hydrogen-bond donors (Lipinski definition) is 1. The van der Waals surface area contributed by atoms with Crippen molar-refractivity contribution in [3.05, 3.63) is 52.4 Å². The molecule has 3 rings (SSSR count).